The summed E-state index contributed by atoms with van der Waals surface area (Å²) in [4.78, 5) is 46.8. The number of hydrogen-bond donors (Lipinski definition) is 2. The van der Waals surface area contributed by atoms with E-state index in [0.29, 0.717) is 5.82 Å². The number of hydrazine groups is 1. The lowest BCUT2D eigenvalue weighted by molar-refractivity contribution is -0.166. The highest BCUT2D eigenvalue weighted by molar-refractivity contribution is 9.10. The molecule has 0 saturated carbocycles. The number of nitrogens with zero attached hydrogens (tertiary/aromatic N) is 3. The molecule has 0 radical (unpaired) electrons. The third-order valence-corrected chi connectivity index (χ3v) is 6.64. The molecule has 0 spiro atoms. The number of aromatic nitrogens is 2. The Kier molecular flexibility index (Phi) is 6.86. The number of nitrogens with one attached hydrogen (secondary N) is 2. The Hall–Kier alpha value is -3.92. The van der Waals surface area contributed by atoms with Crippen LogP contribution in [-0.4, -0.2) is 50.5 Å². The first-order valence-electron chi connectivity index (χ1n) is 11.6. The van der Waals surface area contributed by atoms with Gasteiger partial charge < -0.3 is 15.0 Å². The summed E-state index contributed by atoms with van der Waals surface area (Å²) in [6, 6.07) is 15.5. The second kappa shape index (κ2) is 10.4. The number of carbonyl (C=O) groups is 3. The molecule has 3 amide bonds. The molecule has 5 rings (SSSR count). The van der Waals surface area contributed by atoms with E-state index in [1.165, 1.54) is 10.0 Å². The van der Waals surface area contributed by atoms with Gasteiger partial charge in [0, 0.05) is 10.9 Å². The van der Waals surface area contributed by atoms with Gasteiger partial charge >= 0.3 is 6.09 Å². The maximum Gasteiger partial charge on any atom is 0.408 e. The van der Waals surface area contributed by atoms with Gasteiger partial charge in [-0.3, -0.25) is 9.59 Å². The summed E-state index contributed by atoms with van der Waals surface area (Å²) in [7, 11) is 0. The van der Waals surface area contributed by atoms with Crippen LogP contribution in [0.5, 0.6) is 0 Å². The molecule has 1 saturated heterocycles. The minimum atomic E-state index is -0.905. The first-order valence-corrected chi connectivity index (χ1v) is 12.4. The van der Waals surface area contributed by atoms with Gasteiger partial charge in [0.15, 0.2) is 0 Å². The molecule has 2 N–H and O–H groups in total. The minimum Gasteiger partial charge on any atom is -0.445 e. The third-order valence-electron chi connectivity index (χ3n) is 6.11. The quantitative estimate of drug-likeness (QED) is 0.465. The highest BCUT2D eigenvalue weighted by atomic mass is 79.9. The molecule has 10 heteroatoms. The maximum absolute atomic E-state index is 13.6. The number of aromatic amines is 1. The van der Waals surface area contributed by atoms with Crippen molar-refractivity contribution in [3.63, 3.8) is 0 Å². The topological polar surface area (TPSA) is 108 Å². The summed E-state index contributed by atoms with van der Waals surface area (Å²) in [6.45, 7) is 0.353. The summed E-state index contributed by atoms with van der Waals surface area (Å²) < 4.78 is 6.26. The van der Waals surface area contributed by atoms with Crippen molar-refractivity contribution >= 4 is 33.8 Å². The van der Waals surface area contributed by atoms with E-state index in [1.807, 2.05) is 66.7 Å². The number of fused-ring (bicyclic) bond motifs is 1. The molecule has 0 aliphatic carbocycles. The largest absolute Gasteiger partial charge is 0.445 e. The van der Waals surface area contributed by atoms with Gasteiger partial charge in [-0.15, -0.1) is 0 Å². The Balaban J connectivity index is 1.34. The molecule has 2 atom stereocenters. The molecule has 3 heterocycles. The molecule has 0 unspecified atom stereocenters. The number of carbonyl (C=O) groups excluding carboxylic acids is 3. The highest BCUT2D eigenvalue weighted by Gasteiger charge is 2.42. The van der Waals surface area contributed by atoms with E-state index in [4.69, 9.17) is 4.74 Å². The van der Waals surface area contributed by atoms with Gasteiger partial charge in [0.1, 0.15) is 24.5 Å². The lowest BCUT2D eigenvalue weighted by Crippen LogP contribution is -2.56. The summed E-state index contributed by atoms with van der Waals surface area (Å²) >= 11 is 3.43. The second-order valence-electron chi connectivity index (χ2n) is 8.52. The van der Waals surface area contributed by atoms with E-state index in [9.17, 15) is 14.4 Å². The van der Waals surface area contributed by atoms with Crippen LogP contribution >= 0.6 is 15.9 Å². The number of imidazole rings is 1. The van der Waals surface area contributed by atoms with Gasteiger partial charge in [0.2, 0.25) is 5.91 Å². The summed E-state index contributed by atoms with van der Waals surface area (Å²) in [5.74, 6) is -0.0740. The van der Waals surface area contributed by atoms with Crippen LogP contribution in [0.2, 0.25) is 0 Å². The summed E-state index contributed by atoms with van der Waals surface area (Å²) in [6.07, 6.45) is 4.97. The highest BCUT2D eigenvalue weighted by Crippen LogP contribution is 2.31. The molecule has 2 aromatic carbocycles. The molecule has 3 aromatic rings. The average molecular weight is 550 g/mol. The van der Waals surface area contributed by atoms with Crippen LogP contribution in [0.3, 0.4) is 0 Å². The number of hydrogen-bond acceptors (Lipinski definition) is 5. The number of alkyl carbamates (subject to hydrolysis) is 1. The number of amides is 3. The standard InChI is InChI=1S/C26H24BrN5O4/c27-19-10-8-18(9-11-19)21-15-28-24(29-21)22-7-4-14-31-23(33)13-12-20(25(34)32(22)31)30-26(35)36-16-17-5-2-1-3-6-17/h1-11,15,20,22H,12-14,16H2,(H,28,29)(H,30,35)/t20-,22-/m0/s1. The Morgan fingerprint density at radius 3 is 2.69 bits per heavy atom. The fourth-order valence-corrected chi connectivity index (χ4v) is 4.54. The number of ether oxygens (including phenoxy) is 1. The zero-order chi connectivity index (χ0) is 25.1. The Bertz CT molecular complexity index is 1290. The number of halogens is 1. The van der Waals surface area contributed by atoms with Crippen LogP contribution in [0.15, 0.2) is 77.4 Å². The SMILES string of the molecule is O=C(N[C@H]1CCC(=O)N2CC=C[C@@H](c3ncc(-c4ccc(Br)cc4)[nH]3)N2C1=O)OCc1ccccc1. The van der Waals surface area contributed by atoms with E-state index in [2.05, 4.69) is 31.2 Å². The van der Waals surface area contributed by atoms with Crippen LogP contribution in [0, 0.1) is 0 Å². The lowest BCUT2D eigenvalue weighted by Gasteiger charge is -2.40. The van der Waals surface area contributed by atoms with Crippen LogP contribution < -0.4 is 5.32 Å². The van der Waals surface area contributed by atoms with E-state index in [0.717, 1.165) is 21.3 Å². The zero-order valence-electron chi connectivity index (χ0n) is 19.3. The van der Waals surface area contributed by atoms with Crippen molar-refractivity contribution in [1.82, 2.24) is 25.3 Å². The average Bonchev–Trinajstić information content (AvgIpc) is 3.36. The molecule has 1 fully saturated rings. The van der Waals surface area contributed by atoms with Crippen molar-refractivity contribution in [2.75, 3.05) is 6.54 Å². The van der Waals surface area contributed by atoms with Gasteiger partial charge in [-0.25, -0.2) is 19.8 Å². The van der Waals surface area contributed by atoms with Gasteiger partial charge in [-0.05, 0) is 29.7 Å². The smallest absolute Gasteiger partial charge is 0.408 e. The van der Waals surface area contributed by atoms with Crippen molar-refractivity contribution in [2.45, 2.75) is 31.5 Å². The van der Waals surface area contributed by atoms with Crippen molar-refractivity contribution in [3.8, 4) is 11.3 Å². The number of rotatable bonds is 5. The van der Waals surface area contributed by atoms with Gasteiger partial charge in [0.05, 0.1) is 18.4 Å². The Morgan fingerprint density at radius 1 is 1.14 bits per heavy atom. The van der Waals surface area contributed by atoms with Crippen LogP contribution in [-0.2, 0) is 20.9 Å². The molecule has 36 heavy (non-hydrogen) atoms. The molecule has 9 nitrogen and oxygen atoms in total. The number of benzene rings is 2. The summed E-state index contributed by atoms with van der Waals surface area (Å²) in [5, 5.41) is 5.46. The second-order valence-corrected chi connectivity index (χ2v) is 9.43. The maximum atomic E-state index is 13.6. The normalized spacial score (nSPS) is 19.6. The summed E-state index contributed by atoms with van der Waals surface area (Å²) in [5.41, 5.74) is 2.56. The predicted molar refractivity (Wildman–Crippen MR) is 135 cm³/mol. The molecular formula is C26H24BrN5O4. The zero-order valence-corrected chi connectivity index (χ0v) is 20.8. The third kappa shape index (κ3) is 5.03. The van der Waals surface area contributed by atoms with E-state index >= 15 is 0 Å². The van der Waals surface area contributed by atoms with Gasteiger partial charge in [-0.2, -0.15) is 0 Å². The van der Waals surface area contributed by atoms with Crippen molar-refractivity contribution in [2.24, 2.45) is 0 Å². The van der Waals surface area contributed by atoms with Crippen molar-refractivity contribution < 1.29 is 19.1 Å². The first kappa shape index (κ1) is 23.8. The number of H-pyrrole nitrogens is 1. The molecule has 2 aliphatic heterocycles. The molecule has 184 valence electrons. The van der Waals surface area contributed by atoms with Crippen molar-refractivity contribution in [1.29, 1.82) is 0 Å². The minimum absolute atomic E-state index is 0.0823. The Labute approximate surface area is 216 Å². The molecule has 0 bridgehead atoms. The molecule has 1 aromatic heterocycles. The lowest BCUT2D eigenvalue weighted by atomic mass is 10.1. The van der Waals surface area contributed by atoms with E-state index < -0.39 is 24.1 Å². The monoisotopic (exact) mass is 549 g/mol. The first-order chi connectivity index (χ1) is 17.5. The van der Waals surface area contributed by atoms with Crippen LogP contribution in [0.4, 0.5) is 4.79 Å². The van der Waals surface area contributed by atoms with E-state index in [1.54, 1.807) is 6.20 Å². The van der Waals surface area contributed by atoms with Gasteiger partial charge in [-0.1, -0.05) is 70.5 Å². The predicted octanol–water partition coefficient (Wildman–Crippen LogP) is 4.11. The van der Waals surface area contributed by atoms with E-state index in [-0.39, 0.29) is 31.9 Å². The fraction of sp³-hybridized carbons (Fsp3) is 0.231. The Morgan fingerprint density at radius 2 is 1.92 bits per heavy atom. The van der Waals surface area contributed by atoms with Crippen LogP contribution in [0.1, 0.15) is 30.3 Å². The molecule has 2 aliphatic rings. The van der Waals surface area contributed by atoms with Gasteiger partial charge in [0.25, 0.3) is 5.91 Å². The van der Waals surface area contributed by atoms with Crippen LogP contribution in [0.25, 0.3) is 11.3 Å². The fourth-order valence-electron chi connectivity index (χ4n) is 4.28. The van der Waals surface area contributed by atoms with Crippen molar-refractivity contribution in [3.05, 3.63) is 88.8 Å². The molecular weight excluding hydrogens is 526 g/mol.